The molecule has 178 valence electrons. The van der Waals surface area contributed by atoms with Crippen molar-refractivity contribution in [3.05, 3.63) is 88.4 Å². The van der Waals surface area contributed by atoms with Crippen molar-refractivity contribution in [3.8, 4) is 11.5 Å². The van der Waals surface area contributed by atoms with E-state index in [1.807, 2.05) is 6.07 Å². The molecule has 0 aliphatic heterocycles. The highest BCUT2D eigenvalue weighted by molar-refractivity contribution is 7.92. The molecule has 3 aromatic carbocycles. The molecule has 1 aromatic heterocycles. The van der Waals surface area contributed by atoms with Gasteiger partial charge >= 0.3 is 6.01 Å². The van der Waals surface area contributed by atoms with Gasteiger partial charge in [0.1, 0.15) is 0 Å². The summed E-state index contributed by atoms with van der Waals surface area (Å²) in [5.41, 5.74) is 4.07. The summed E-state index contributed by atoms with van der Waals surface area (Å²) in [6, 6.07) is 17.9. The Labute approximate surface area is 207 Å². The molecule has 0 radical (unpaired) electrons. The molecule has 0 unspecified atom stereocenters. The zero-order valence-corrected chi connectivity index (χ0v) is 20.1. The summed E-state index contributed by atoms with van der Waals surface area (Å²) in [6.45, 7) is 0. The maximum atomic E-state index is 12.6. The molecule has 2 N–H and O–H groups in total. The van der Waals surface area contributed by atoms with E-state index in [4.69, 9.17) is 16.0 Å². The Kier molecular flexibility index (Phi) is 6.27. The zero-order chi connectivity index (χ0) is 24.4. The third-order valence-corrected chi connectivity index (χ3v) is 7.41. The highest BCUT2D eigenvalue weighted by Gasteiger charge is 2.17. The number of carbonyl (C=O) groups is 1. The van der Waals surface area contributed by atoms with E-state index in [9.17, 15) is 13.2 Å². The Bertz CT molecular complexity index is 1480. The molecule has 0 saturated heterocycles. The lowest BCUT2D eigenvalue weighted by molar-refractivity contribution is 0.102. The number of rotatable bonds is 6. The molecule has 1 amide bonds. The van der Waals surface area contributed by atoms with Crippen LogP contribution in [0.3, 0.4) is 0 Å². The molecule has 5 rings (SSSR count). The smallest absolute Gasteiger partial charge is 0.322 e. The summed E-state index contributed by atoms with van der Waals surface area (Å²) in [6.07, 6.45) is 4.50. The van der Waals surface area contributed by atoms with E-state index in [1.54, 1.807) is 0 Å². The predicted octanol–water partition coefficient (Wildman–Crippen LogP) is 5.32. The maximum absolute atomic E-state index is 12.6. The largest absolute Gasteiger partial charge is 0.403 e. The van der Waals surface area contributed by atoms with Crippen molar-refractivity contribution < 1.29 is 17.6 Å². The fourth-order valence-electron chi connectivity index (χ4n) is 3.94. The average molecular weight is 509 g/mol. The minimum absolute atomic E-state index is 0.0183. The van der Waals surface area contributed by atoms with E-state index in [1.165, 1.54) is 72.5 Å². The molecule has 4 aromatic rings. The topological polar surface area (TPSA) is 114 Å². The minimum Gasteiger partial charge on any atom is -0.403 e. The number of halogens is 1. The number of amides is 1. The molecule has 10 heteroatoms. The van der Waals surface area contributed by atoms with Gasteiger partial charge in [0.15, 0.2) is 0 Å². The van der Waals surface area contributed by atoms with E-state index < -0.39 is 15.9 Å². The summed E-state index contributed by atoms with van der Waals surface area (Å²) in [4.78, 5) is 12.7. The SMILES string of the molecule is O=C(Nc1nnc(-c2ccc3c(c2)CCCC3)o1)c1ccc(NS(=O)(=O)c2ccc(Cl)cc2)cc1. The van der Waals surface area contributed by atoms with E-state index in [-0.39, 0.29) is 10.9 Å². The first-order chi connectivity index (χ1) is 16.9. The van der Waals surface area contributed by atoms with Crippen LogP contribution < -0.4 is 10.0 Å². The van der Waals surface area contributed by atoms with E-state index >= 15 is 0 Å². The second-order valence-electron chi connectivity index (χ2n) is 8.19. The van der Waals surface area contributed by atoms with Crippen molar-refractivity contribution in [2.75, 3.05) is 10.0 Å². The van der Waals surface area contributed by atoms with Crippen molar-refractivity contribution in [1.29, 1.82) is 0 Å². The first-order valence-corrected chi connectivity index (χ1v) is 12.9. The van der Waals surface area contributed by atoms with Crippen molar-refractivity contribution in [2.45, 2.75) is 30.6 Å². The van der Waals surface area contributed by atoms with Crippen LogP contribution >= 0.6 is 11.6 Å². The van der Waals surface area contributed by atoms with Crippen LogP contribution in [0.15, 0.2) is 76.0 Å². The van der Waals surface area contributed by atoms with Crippen molar-refractivity contribution >= 4 is 39.2 Å². The lowest BCUT2D eigenvalue weighted by atomic mass is 9.90. The average Bonchev–Trinajstić information content (AvgIpc) is 3.32. The number of fused-ring (bicyclic) bond motifs is 1. The fourth-order valence-corrected chi connectivity index (χ4v) is 5.13. The van der Waals surface area contributed by atoms with Crippen LogP contribution in [-0.4, -0.2) is 24.5 Å². The van der Waals surface area contributed by atoms with Gasteiger partial charge in [-0.05, 0) is 97.5 Å². The number of sulfonamides is 1. The third-order valence-electron chi connectivity index (χ3n) is 5.76. The van der Waals surface area contributed by atoms with Crippen LogP contribution in [0.1, 0.15) is 34.3 Å². The molecule has 1 heterocycles. The van der Waals surface area contributed by atoms with Crippen molar-refractivity contribution in [1.82, 2.24) is 10.2 Å². The molecule has 0 saturated carbocycles. The molecule has 0 atom stereocenters. The molecule has 35 heavy (non-hydrogen) atoms. The number of anilines is 2. The molecule has 1 aliphatic rings. The normalized spacial score (nSPS) is 13.2. The summed E-state index contributed by atoms with van der Waals surface area (Å²) in [5, 5.41) is 11.0. The standard InChI is InChI=1S/C25H21ClN4O4S/c26-20-9-13-22(14-10-20)35(32,33)30-21-11-7-17(8-12-21)23(31)27-25-29-28-24(34-25)19-6-5-16-3-1-2-4-18(16)15-19/h5-15,30H,1-4H2,(H,27,29,31). The number of nitrogens with zero attached hydrogens (tertiary/aromatic N) is 2. The summed E-state index contributed by atoms with van der Waals surface area (Å²) >= 11 is 5.82. The van der Waals surface area contributed by atoms with Crippen LogP contribution in [0.2, 0.25) is 5.02 Å². The number of aromatic nitrogens is 2. The van der Waals surface area contributed by atoms with Crippen LogP contribution in [0.25, 0.3) is 11.5 Å². The van der Waals surface area contributed by atoms with Gasteiger partial charge in [0.2, 0.25) is 5.89 Å². The van der Waals surface area contributed by atoms with Crippen LogP contribution in [0, 0.1) is 0 Å². The second-order valence-corrected chi connectivity index (χ2v) is 10.3. The number of benzene rings is 3. The molecule has 0 fully saturated rings. The second kappa shape index (κ2) is 9.52. The van der Waals surface area contributed by atoms with Gasteiger partial charge in [-0.25, -0.2) is 8.42 Å². The minimum atomic E-state index is -3.78. The predicted molar refractivity (Wildman–Crippen MR) is 133 cm³/mol. The Morgan fingerprint density at radius 1 is 0.886 bits per heavy atom. The first kappa shape index (κ1) is 23.1. The first-order valence-electron chi connectivity index (χ1n) is 11.0. The molecule has 1 aliphatic carbocycles. The van der Waals surface area contributed by atoms with E-state index in [2.05, 4.69) is 32.4 Å². The highest BCUT2D eigenvalue weighted by atomic mass is 35.5. The van der Waals surface area contributed by atoms with Gasteiger partial charge in [-0.3, -0.25) is 14.8 Å². The Balaban J connectivity index is 1.24. The number of aryl methyl sites for hydroxylation is 2. The van der Waals surface area contributed by atoms with Crippen LogP contribution in [0.4, 0.5) is 11.7 Å². The van der Waals surface area contributed by atoms with Gasteiger partial charge in [0.25, 0.3) is 15.9 Å². The Morgan fingerprint density at radius 2 is 1.60 bits per heavy atom. The number of nitrogens with one attached hydrogen (secondary N) is 2. The fraction of sp³-hybridized carbons (Fsp3) is 0.160. The molecular weight excluding hydrogens is 488 g/mol. The summed E-state index contributed by atoms with van der Waals surface area (Å²) < 4.78 is 33.1. The lowest BCUT2D eigenvalue weighted by Gasteiger charge is -2.15. The number of hydrogen-bond acceptors (Lipinski definition) is 6. The summed E-state index contributed by atoms with van der Waals surface area (Å²) in [7, 11) is -3.78. The van der Waals surface area contributed by atoms with Crippen LogP contribution in [-0.2, 0) is 22.9 Å². The quantitative estimate of drug-likeness (QED) is 0.364. The highest BCUT2D eigenvalue weighted by Crippen LogP contribution is 2.27. The van der Waals surface area contributed by atoms with Crippen molar-refractivity contribution in [2.24, 2.45) is 0 Å². The van der Waals surface area contributed by atoms with Gasteiger partial charge in [-0.15, -0.1) is 5.10 Å². The third kappa shape index (κ3) is 5.21. The van der Waals surface area contributed by atoms with Crippen molar-refractivity contribution in [3.63, 3.8) is 0 Å². The van der Waals surface area contributed by atoms with Gasteiger partial charge in [0.05, 0.1) is 4.90 Å². The van der Waals surface area contributed by atoms with Gasteiger partial charge in [0, 0.05) is 21.8 Å². The monoisotopic (exact) mass is 508 g/mol. The van der Waals surface area contributed by atoms with E-state index in [0.29, 0.717) is 22.2 Å². The van der Waals surface area contributed by atoms with Gasteiger partial charge in [-0.2, -0.15) is 0 Å². The molecular formula is C25H21ClN4O4S. The number of hydrogen-bond donors (Lipinski definition) is 2. The molecule has 0 spiro atoms. The molecule has 0 bridgehead atoms. The maximum Gasteiger partial charge on any atom is 0.322 e. The van der Waals surface area contributed by atoms with Gasteiger partial charge < -0.3 is 4.42 Å². The lowest BCUT2D eigenvalue weighted by Crippen LogP contribution is -2.14. The van der Waals surface area contributed by atoms with Gasteiger partial charge in [-0.1, -0.05) is 22.8 Å². The Hall–Kier alpha value is -3.69. The zero-order valence-electron chi connectivity index (χ0n) is 18.5. The number of carbonyl (C=O) groups excluding carboxylic acids is 1. The summed E-state index contributed by atoms with van der Waals surface area (Å²) in [5.74, 6) is -0.127. The molecule has 8 nitrogen and oxygen atoms in total. The Morgan fingerprint density at radius 3 is 2.34 bits per heavy atom. The van der Waals surface area contributed by atoms with E-state index in [0.717, 1.165) is 18.4 Å². The van der Waals surface area contributed by atoms with Crippen LogP contribution in [0.5, 0.6) is 0 Å².